The van der Waals surface area contributed by atoms with Gasteiger partial charge in [-0.05, 0) is 5.56 Å². The molecular weight excluding hydrogens is 232 g/mol. The summed E-state index contributed by atoms with van der Waals surface area (Å²) >= 11 is 0. The van der Waals surface area contributed by atoms with E-state index in [1.807, 2.05) is 12.1 Å². The molecular formula is C13H12N2O3. The number of nitrogens with zero attached hydrogens (tertiary/aromatic N) is 2. The number of carboxylic acids is 1. The number of amides is 1. The van der Waals surface area contributed by atoms with E-state index in [1.54, 1.807) is 24.3 Å². The van der Waals surface area contributed by atoms with Crippen LogP contribution < -0.4 is 0 Å². The Bertz CT molecular complexity index is 503. The first-order chi connectivity index (χ1) is 8.56. The quantitative estimate of drug-likeness (QED) is 0.810. The highest BCUT2D eigenvalue weighted by Crippen LogP contribution is 2.18. The SMILES string of the molecule is CN(C(=O)/C=C/C(=O)O)C(C#N)c1ccccc1. The van der Waals surface area contributed by atoms with Crippen molar-refractivity contribution in [3.05, 3.63) is 48.0 Å². The molecule has 0 heterocycles. The molecule has 0 aliphatic heterocycles. The standard InChI is InChI=1S/C13H12N2O3/c1-15(12(16)7-8-13(17)18)11(9-14)10-5-3-2-4-6-10/h2-8,11H,1H3,(H,17,18)/b8-7+. The molecule has 1 unspecified atom stereocenters. The molecule has 1 atom stereocenters. The van der Waals surface area contributed by atoms with Gasteiger partial charge in [0.25, 0.3) is 0 Å². The van der Waals surface area contributed by atoms with Gasteiger partial charge in [0.05, 0.1) is 6.07 Å². The second-order valence-electron chi connectivity index (χ2n) is 3.56. The van der Waals surface area contributed by atoms with Crippen LogP contribution in [0, 0.1) is 11.3 Å². The third-order valence-electron chi connectivity index (χ3n) is 2.34. The van der Waals surface area contributed by atoms with Crippen LogP contribution in [0.15, 0.2) is 42.5 Å². The third-order valence-corrected chi connectivity index (χ3v) is 2.34. The first-order valence-corrected chi connectivity index (χ1v) is 5.18. The number of benzene rings is 1. The summed E-state index contributed by atoms with van der Waals surface area (Å²) in [7, 11) is 1.45. The van der Waals surface area contributed by atoms with Crippen molar-refractivity contribution in [3.63, 3.8) is 0 Å². The fourth-order valence-corrected chi connectivity index (χ4v) is 1.41. The van der Waals surface area contributed by atoms with Crippen molar-refractivity contribution in [2.75, 3.05) is 7.05 Å². The van der Waals surface area contributed by atoms with Crippen molar-refractivity contribution in [3.8, 4) is 6.07 Å². The molecule has 5 nitrogen and oxygen atoms in total. The number of carbonyl (C=O) groups is 2. The minimum absolute atomic E-state index is 0.534. The van der Waals surface area contributed by atoms with Crippen LogP contribution in [-0.2, 0) is 9.59 Å². The minimum Gasteiger partial charge on any atom is -0.478 e. The van der Waals surface area contributed by atoms with E-state index in [1.165, 1.54) is 11.9 Å². The predicted molar refractivity (Wildman–Crippen MR) is 64.3 cm³/mol. The van der Waals surface area contributed by atoms with Gasteiger partial charge in [-0.3, -0.25) is 4.79 Å². The average molecular weight is 244 g/mol. The summed E-state index contributed by atoms with van der Waals surface area (Å²) < 4.78 is 0. The number of carboxylic acid groups (broad SMARTS) is 1. The number of rotatable bonds is 4. The smallest absolute Gasteiger partial charge is 0.328 e. The summed E-state index contributed by atoms with van der Waals surface area (Å²) in [4.78, 5) is 23.1. The monoisotopic (exact) mass is 244 g/mol. The van der Waals surface area contributed by atoms with Crippen molar-refractivity contribution >= 4 is 11.9 Å². The lowest BCUT2D eigenvalue weighted by molar-refractivity contribution is -0.132. The zero-order valence-electron chi connectivity index (χ0n) is 9.78. The Morgan fingerprint density at radius 2 is 1.94 bits per heavy atom. The lowest BCUT2D eigenvalue weighted by Crippen LogP contribution is -2.29. The Morgan fingerprint density at radius 1 is 1.33 bits per heavy atom. The number of carbonyl (C=O) groups excluding carboxylic acids is 1. The third kappa shape index (κ3) is 3.46. The van der Waals surface area contributed by atoms with Gasteiger partial charge in [0, 0.05) is 19.2 Å². The zero-order chi connectivity index (χ0) is 13.5. The van der Waals surface area contributed by atoms with Crippen LogP contribution in [0.25, 0.3) is 0 Å². The first kappa shape index (κ1) is 13.5. The number of hydrogen-bond acceptors (Lipinski definition) is 3. The highest BCUT2D eigenvalue weighted by atomic mass is 16.4. The molecule has 5 heteroatoms. The van der Waals surface area contributed by atoms with Gasteiger partial charge in [-0.15, -0.1) is 0 Å². The molecule has 92 valence electrons. The molecule has 0 bridgehead atoms. The molecule has 0 aromatic heterocycles. The van der Waals surface area contributed by atoms with Crippen LogP contribution in [0.1, 0.15) is 11.6 Å². The average Bonchev–Trinajstić information content (AvgIpc) is 2.38. The van der Waals surface area contributed by atoms with E-state index >= 15 is 0 Å². The topological polar surface area (TPSA) is 81.4 Å². The molecule has 18 heavy (non-hydrogen) atoms. The van der Waals surface area contributed by atoms with E-state index in [4.69, 9.17) is 10.4 Å². The molecule has 0 saturated carbocycles. The summed E-state index contributed by atoms with van der Waals surface area (Å²) in [5.74, 6) is -1.74. The van der Waals surface area contributed by atoms with Crippen LogP contribution in [-0.4, -0.2) is 28.9 Å². The predicted octanol–water partition coefficient (Wildman–Crippen LogP) is 1.35. The highest BCUT2D eigenvalue weighted by Gasteiger charge is 2.19. The van der Waals surface area contributed by atoms with E-state index in [0.717, 1.165) is 12.2 Å². The van der Waals surface area contributed by atoms with Gasteiger partial charge in [0.1, 0.15) is 6.04 Å². The van der Waals surface area contributed by atoms with Gasteiger partial charge in [0.15, 0.2) is 0 Å². The highest BCUT2D eigenvalue weighted by molar-refractivity contribution is 5.94. The van der Waals surface area contributed by atoms with Crippen LogP contribution in [0.2, 0.25) is 0 Å². The van der Waals surface area contributed by atoms with Crippen LogP contribution in [0.4, 0.5) is 0 Å². The summed E-state index contributed by atoms with van der Waals surface area (Å²) in [5.41, 5.74) is 0.680. The lowest BCUT2D eigenvalue weighted by Gasteiger charge is -2.21. The molecule has 1 amide bonds. The fourth-order valence-electron chi connectivity index (χ4n) is 1.41. The maximum absolute atomic E-state index is 11.6. The summed E-state index contributed by atoms with van der Waals surface area (Å²) in [6.07, 6.45) is 1.67. The summed E-state index contributed by atoms with van der Waals surface area (Å²) in [6.45, 7) is 0. The number of aliphatic carboxylic acids is 1. The molecule has 0 saturated heterocycles. The van der Waals surface area contributed by atoms with E-state index in [0.29, 0.717) is 5.56 Å². The fraction of sp³-hybridized carbons (Fsp3) is 0.154. The van der Waals surface area contributed by atoms with Crippen LogP contribution in [0.3, 0.4) is 0 Å². The van der Waals surface area contributed by atoms with Crippen LogP contribution in [0.5, 0.6) is 0 Å². The molecule has 0 aliphatic carbocycles. The van der Waals surface area contributed by atoms with Crippen molar-refractivity contribution in [2.24, 2.45) is 0 Å². The van der Waals surface area contributed by atoms with E-state index < -0.39 is 17.9 Å². The van der Waals surface area contributed by atoms with Gasteiger partial charge in [-0.1, -0.05) is 30.3 Å². The van der Waals surface area contributed by atoms with E-state index in [2.05, 4.69) is 0 Å². The first-order valence-electron chi connectivity index (χ1n) is 5.18. The molecule has 0 aliphatic rings. The van der Waals surface area contributed by atoms with Gasteiger partial charge in [-0.2, -0.15) is 5.26 Å². The molecule has 0 radical (unpaired) electrons. The lowest BCUT2D eigenvalue weighted by atomic mass is 10.1. The van der Waals surface area contributed by atoms with Gasteiger partial charge in [-0.25, -0.2) is 4.79 Å². The minimum atomic E-state index is -1.20. The molecule has 1 rings (SSSR count). The van der Waals surface area contributed by atoms with Crippen molar-refractivity contribution in [1.29, 1.82) is 5.26 Å². The second kappa shape index (κ2) is 6.21. The molecule has 0 spiro atoms. The van der Waals surface area contributed by atoms with Crippen LogP contribution >= 0.6 is 0 Å². The number of hydrogen-bond donors (Lipinski definition) is 1. The van der Waals surface area contributed by atoms with Gasteiger partial charge < -0.3 is 10.0 Å². The zero-order valence-corrected chi connectivity index (χ0v) is 9.78. The Hall–Kier alpha value is -2.61. The van der Waals surface area contributed by atoms with Crippen molar-refractivity contribution < 1.29 is 14.7 Å². The Labute approximate surface area is 105 Å². The molecule has 0 fully saturated rings. The van der Waals surface area contributed by atoms with E-state index in [-0.39, 0.29) is 0 Å². The largest absolute Gasteiger partial charge is 0.478 e. The number of likely N-dealkylation sites (N-methyl/N-ethyl adjacent to an activating group) is 1. The molecule has 1 aromatic carbocycles. The second-order valence-corrected chi connectivity index (χ2v) is 3.56. The van der Waals surface area contributed by atoms with E-state index in [9.17, 15) is 9.59 Å². The molecule has 1 N–H and O–H groups in total. The van der Waals surface area contributed by atoms with Gasteiger partial charge in [0.2, 0.25) is 5.91 Å². The maximum Gasteiger partial charge on any atom is 0.328 e. The Kier molecular flexibility index (Phi) is 4.64. The molecule has 1 aromatic rings. The summed E-state index contributed by atoms with van der Waals surface area (Å²) in [5, 5.41) is 17.5. The number of nitriles is 1. The maximum atomic E-state index is 11.6. The van der Waals surface area contributed by atoms with Crippen molar-refractivity contribution in [2.45, 2.75) is 6.04 Å². The Morgan fingerprint density at radius 3 is 2.44 bits per heavy atom. The van der Waals surface area contributed by atoms with Crippen molar-refractivity contribution in [1.82, 2.24) is 4.90 Å². The van der Waals surface area contributed by atoms with Gasteiger partial charge >= 0.3 is 5.97 Å². The normalized spacial score (nSPS) is 11.8. The Balaban J connectivity index is 2.88. The summed E-state index contributed by atoms with van der Waals surface area (Å²) in [6, 6.07) is 10.1.